The van der Waals surface area contributed by atoms with Crippen molar-refractivity contribution in [2.24, 2.45) is 5.73 Å². The molecule has 2 aromatic carbocycles. The number of hydrogen-bond donors (Lipinski definition) is 3. The van der Waals surface area contributed by atoms with Crippen molar-refractivity contribution < 1.29 is 22.3 Å². The van der Waals surface area contributed by atoms with Crippen molar-refractivity contribution in [3.63, 3.8) is 0 Å². The highest BCUT2D eigenvalue weighted by Gasteiger charge is 2.38. The molecular formula is C31H38ClFN6O4S. The summed E-state index contributed by atoms with van der Waals surface area (Å²) in [6, 6.07) is 10.4. The molecule has 44 heavy (non-hydrogen) atoms. The largest absolute Gasteiger partial charge is 0.461 e. The van der Waals surface area contributed by atoms with Gasteiger partial charge in [0.15, 0.2) is 0 Å². The minimum absolute atomic E-state index is 0.110. The molecular weight excluding hydrogens is 607 g/mol. The van der Waals surface area contributed by atoms with Crippen molar-refractivity contribution in [1.82, 2.24) is 19.6 Å². The second-order valence-electron chi connectivity index (χ2n) is 11.6. The molecule has 2 saturated heterocycles. The summed E-state index contributed by atoms with van der Waals surface area (Å²) in [5.74, 6) is -1.54. The number of hydrogen-bond acceptors (Lipinski definition) is 8. The van der Waals surface area contributed by atoms with Crippen LogP contribution >= 0.6 is 11.6 Å². The van der Waals surface area contributed by atoms with Crippen LogP contribution in [0.1, 0.15) is 55.7 Å². The Hall–Kier alpha value is -3.16. The highest BCUT2D eigenvalue weighted by molar-refractivity contribution is 7.89. The molecule has 2 aliphatic heterocycles. The van der Waals surface area contributed by atoms with Gasteiger partial charge in [0.05, 0.1) is 17.9 Å². The number of amides is 1. The van der Waals surface area contributed by atoms with E-state index in [0.29, 0.717) is 42.1 Å². The minimum Gasteiger partial charge on any atom is -0.461 e. The number of carbonyl (C=O) groups is 1. The van der Waals surface area contributed by atoms with Crippen LogP contribution in [-0.2, 0) is 21.2 Å². The molecule has 1 aromatic heterocycles. The van der Waals surface area contributed by atoms with Gasteiger partial charge in [0.1, 0.15) is 5.82 Å². The van der Waals surface area contributed by atoms with Gasteiger partial charge in [-0.25, -0.2) is 22.8 Å². The third-order valence-electron chi connectivity index (χ3n) is 8.11. The van der Waals surface area contributed by atoms with Crippen molar-refractivity contribution in [3.8, 4) is 6.01 Å². The molecule has 236 valence electrons. The molecule has 3 heterocycles. The summed E-state index contributed by atoms with van der Waals surface area (Å²) >= 11 is 6.12. The number of piperazine rings is 1. The van der Waals surface area contributed by atoms with E-state index in [0.717, 1.165) is 12.0 Å². The summed E-state index contributed by atoms with van der Waals surface area (Å²) in [7, 11) is -3.38. The Morgan fingerprint density at radius 1 is 1.18 bits per heavy atom. The zero-order valence-corrected chi connectivity index (χ0v) is 26.3. The molecule has 0 radical (unpaired) electrons. The maximum Gasteiger partial charge on any atom is 0.316 e. The SMILES string of the molecule is CC(C)Oc1ncc([C@H](c2ccc(Cl)cc2)[C@H](N)C(=O)Nc2cccc(F)c2CCC2CN[C@@H]3CCCS(=O)(=O)N2C3)cn1. The van der Waals surface area contributed by atoms with E-state index < -0.39 is 33.7 Å². The van der Waals surface area contributed by atoms with Crippen molar-refractivity contribution >= 4 is 33.2 Å². The summed E-state index contributed by atoms with van der Waals surface area (Å²) in [5, 5.41) is 6.80. The molecule has 2 bridgehead atoms. The lowest BCUT2D eigenvalue weighted by Gasteiger charge is -2.37. The average molecular weight is 645 g/mol. The zero-order valence-electron chi connectivity index (χ0n) is 24.7. The van der Waals surface area contributed by atoms with Crippen LogP contribution in [0.5, 0.6) is 6.01 Å². The van der Waals surface area contributed by atoms with E-state index in [1.165, 1.54) is 12.1 Å². The number of halogens is 2. The maximum atomic E-state index is 15.2. The molecule has 0 saturated carbocycles. The molecule has 4 N–H and O–H groups in total. The van der Waals surface area contributed by atoms with Crippen molar-refractivity contribution in [2.45, 2.75) is 69.7 Å². The van der Waals surface area contributed by atoms with Crippen LogP contribution in [0.2, 0.25) is 5.02 Å². The van der Waals surface area contributed by atoms with Crippen LogP contribution in [0.4, 0.5) is 10.1 Å². The van der Waals surface area contributed by atoms with E-state index in [9.17, 15) is 13.2 Å². The predicted octanol–water partition coefficient (Wildman–Crippen LogP) is 3.85. The fraction of sp³-hybridized carbons (Fsp3) is 0.452. The monoisotopic (exact) mass is 644 g/mol. The van der Waals surface area contributed by atoms with Gasteiger partial charge in [-0.1, -0.05) is 29.8 Å². The molecule has 1 amide bonds. The zero-order chi connectivity index (χ0) is 31.4. The van der Waals surface area contributed by atoms with Crippen molar-refractivity contribution in [2.75, 3.05) is 24.2 Å². The predicted molar refractivity (Wildman–Crippen MR) is 168 cm³/mol. The number of fused-ring (bicyclic) bond motifs is 2. The first-order valence-corrected chi connectivity index (χ1v) is 16.8. The van der Waals surface area contributed by atoms with E-state index in [1.54, 1.807) is 47.0 Å². The topological polar surface area (TPSA) is 140 Å². The van der Waals surface area contributed by atoms with Crippen LogP contribution in [0, 0.1) is 5.82 Å². The Bertz CT molecular complexity index is 1560. The Morgan fingerprint density at radius 3 is 2.61 bits per heavy atom. The van der Waals surface area contributed by atoms with Crippen LogP contribution < -0.4 is 21.1 Å². The van der Waals surface area contributed by atoms with E-state index in [-0.39, 0.29) is 42.1 Å². The third kappa shape index (κ3) is 7.55. The van der Waals surface area contributed by atoms with Crippen LogP contribution in [0.3, 0.4) is 0 Å². The highest BCUT2D eigenvalue weighted by atomic mass is 35.5. The first-order chi connectivity index (χ1) is 21.0. The average Bonchev–Trinajstić information content (AvgIpc) is 3.10. The molecule has 5 rings (SSSR count). The van der Waals surface area contributed by atoms with Gasteiger partial charge in [-0.2, -0.15) is 4.31 Å². The Kier molecular flexibility index (Phi) is 10.2. The molecule has 13 heteroatoms. The number of ether oxygens (including phenoxy) is 1. The van der Waals surface area contributed by atoms with Gasteiger partial charge in [0, 0.05) is 59.8 Å². The number of nitrogens with zero attached hydrogens (tertiary/aromatic N) is 3. The normalized spacial score (nSPS) is 22.5. The maximum absolute atomic E-state index is 15.2. The van der Waals surface area contributed by atoms with Gasteiger partial charge < -0.3 is 21.1 Å². The number of carbonyl (C=O) groups excluding carboxylic acids is 1. The summed E-state index contributed by atoms with van der Waals surface area (Å²) in [6.07, 6.45) is 5.09. The fourth-order valence-electron chi connectivity index (χ4n) is 5.89. The summed E-state index contributed by atoms with van der Waals surface area (Å²) in [6.45, 7) is 4.65. The Labute approximate surface area is 262 Å². The highest BCUT2D eigenvalue weighted by Crippen LogP contribution is 2.31. The van der Waals surface area contributed by atoms with E-state index in [4.69, 9.17) is 22.1 Å². The second-order valence-corrected chi connectivity index (χ2v) is 14.1. The van der Waals surface area contributed by atoms with E-state index >= 15 is 4.39 Å². The summed E-state index contributed by atoms with van der Waals surface area (Å²) < 4.78 is 48.1. The fourth-order valence-corrected chi connectivity index (χ4v) is 7.82. The molecule has 2 unspecified atom stereocenters. The van der Waals surface area contributed by atoms with Gasteiger partial charge in [-0.3, -0.25) is 4.79 Å². The molecule has 2 fully saturated rings. The van der Waals surface area contributed by atoms with Crippen molar-refractivity contribution in [3.05, 3.63) is 82.4 Å². The van der Waals surface area contributed by atoms with Gasteiger partial charge in [-0.05, 0) is 74.9 Å². The molecule has 5 atom stereocenters. The number of nitrogens with one attached hydrogen (secondary N) is 2. The number of anilines is 1. The lowest BCUT2D eigenvalue weighted by atomic mass is 9.86. The summed E-state index contributed by atoms with van der Waals surface area (Å²) in [5.41, 5.74) is 8.50. The number of nitrogens with two attached hydrogens (primary N) is 1. The standard InChI is InChI=1S/C31H38ClFN6O4S/c1-19(2)43-31-36-15-21(16-37-31)28(20-8-10-22(32)11-9-20)29(34)30(40)38-27-7-3-6-26(33)25(27)13-12-24-17-35-23-5-4-14-44(41,42)39(24)18-23/h3,6-11,15-16,19,23-24,28-29,35H,4-5,12-14,17-18,34H2,1-2H3,(H,38,40)/t23-,24?,28+,29+/m1/s1. The lowest BCUT2D eigenvalue weighted by Crippen LogP contribution is -2.57. The van der Waals surface area contributed by atoms with Crippen molar-refractivity contribution in [1.29, 1.82) is 0 Å². The Morgan fingerprint density at radius 2 is 1.91 bits per heavy atom. The van der Waals surface area contributed by atoms with Gasteiger partial charge >= 0.3 is 6.01 Å². The lowest BCUT2D eigenvalue weighted by molar-refractivity contribution is -0.117. The van der Waals surface area contributed by atoms with Crippen LogP contribution in [0.15, 0.2) is 54.9 Å². The second kappa shape index (κ2) is 13.9. The number of sulfonamides is 1. The number of rotatable bonds is 10. The minimum atomic E-state index is -3.38. The molecule has 3 aromatic rings. The first-order valence-electron chi connectivity index (χ1n) is 14.8. The van der Waals surface area contributed by atoms with Gasteiger partial charge in [0.2, 0.25) is 15.9 Å². The first kappa shape index (κ1) is 32.2. The quantitative estimate of drug-likeness (QED) is 0.302. The smallest absolute Gasteiger partial charge is 0.316 e. The summed E-state index contributed by atoms with van der Waals surface area (Å²) in [4.78, 5) is 22.3. The van der Waals surface area contributed by atoms with E-state index in [2.05, 4.69) is 20.6 Å². The van der Waals surface area contributed by atoms with Gasteiger partial charge in [-0.15, -0.1) is 0 Å². The Balaban J connectivity index is 1.36. The van der Waals surface area contributed by atoms with E-state index in [1.807, 2.05) is 13.8 Å². The van der Waals surface area contributed by atoms with Crippen LogP contribution in [-0.4, -0.2) is 71.7 Å². The third-order valence-corrected chi connectivity index (χ3v) is 10.3. The number of benzene rings is 2. The molecule has 0 aliphatic carbocycles. The van der Waals surface area contributed by atoms with Crippen LogP contribution in [0.25, 0.3) is 0 Å². The van der Waals surface area contributed by atoms with Gasteiger partial charge in [0.25, 0.3) is 0 Å². The molecule has 2 aliphatic rings. The molecule has 10 nitrogen and oxygen atoms in total. The number of aromatic nitrogens is 2. The molecule has 0 spiro atoms.